The van der Waals surface area contributed by atoms with Crippen LogP contribution in [-0.4, -0.2) is 42.0 Å². The number of nitrogens with zero attached hydrogens (tertiary/aromatic N) is 3. The normalized spacial score (nSPS) is 14.6. The van der Waals surface area contributed by atoms with Crippen LogP contribution in [0.5, 0.6) is 0 Å². The number of fused-ring (bicyclic) bond motifs is 1. The standard InChI is InChI=1S/C23H25N3O/c1-16-4-7-20(8-5-16)25-10-12-26(13-11-25)23(27)21-15-19-14-17(2)6-9-22(19)24-18(21)3/h4-9,14-15H,10-13H2,1-3H3. The fourth-order valence-corrected chi connectivity index (χ4v) is 3.70. The fraction of sp³-hybridized carbons (Fsp3) is 0.304. The van der Waals surface area contributed by atoms with Crippen LogP contribution in [0.15, 0.2) is 48.5 Å². The maximum atomic E-state index is 13.1. The summed E-state index contributed by atoms with van der Waals surface area (Å²) in [6.45, 7) is 9.26. The number of aryl methyl sites for hydroxylation is 3. The van der Waals surface area contributed by atoms with Gasteiger partial charge >= 0.3 is 0 Å². The first-order valence-corrected chi connectivity index (χ1v) is 9.50. The Kier molecular flexibility index (Phi) is 4.56. The molecule has 0 aliphatic carbocycles. The van der Waals surface area contributed by atoms with Gasteiger partial charge in [-0.2, -0.15) is 0 Å². The molecule has 1 fully saturated rings. The Hall–Kier alpha value is -2.88. The third kappa shape index (κ3) is 3.52. The van der Waals surface area contributed by atoms with Crippen LogP contribution in [0.1, 0.15) is 27.2 Å². The second kappa shape index (κ2) is 7.03. The zero-order valence-electron chi connectivity index (χ0n) is 16.2. The average molecular weight is 359 g/mol. The van der Waals surface area contributed by atoms with E-state index in [1.807, 2.05) is 24.0 Å². The highest BCUT2D eigenvalue weighted by atomic mass is 16.2. The molecule has 1 saturated heterocycles. The number of carbonyl (C=O) groups excluding carboxylic acids is 1. The van der Waals surface area contributed by atoms with E-state index < -0.39 is 0 Å². The molecule has 138 valence electrons. The topological polar surface area (TPSA) is 36.4 Å². The highest BCUT2D eigenvalue weighted by Gasteiger charge is 2.24. The molecule has 0 unspecified atom stereocenters. The summed E-state index contributed by atoms with van der Waals surface area (Å²) in [5.41, 5.74) is 6.14. The SMILES string of the molecule is Cc1ccc(N2CCN(C(=O)c3cc4cc(C)ccc4nc3C)CC2)cc1. The summed E-state index contributed by atoms with van der Waals surface area (Å²) in [5.74, 6) is 0.0898. The molecular formula is C23H25N3O. The lowest BCUT2D eigenvalue weighted by Gasteiger charge is -2.36. The van der Waals surface area contributed by atoms with Crippen molar-refractivity contribution in [2.75, 3.05) is 31.1 Å². The van der Waals surface area contributed by atoms with Crippen molar-refractivity contribution in [2.24, 2.45) is 0 Å². The molecule has 0 radical (unpaired) electrons. The molecule has 4 rings (SSSR count). The van der Waals surface area contributed by atoms with Gasteiger partial charge in [0.25, 0.3) is 5.91 Å². The average Bonchev–Trinajstić information content (AvgIpc) is 2.68. The zero-order valence-corrected chi connectivity index (χ0v) is 16.2. The minimum Gasteiger partial charge on any atom is -0.368 e. The van der Waals surface area contributed by atoms with E-state index in [1.54, 1.807) is 0 Å². The number of aromatic nitrogens is 1. The van der Waals surface area contributed by atoms with Crippen LogP contribution in [-0.2, 0) is 0 Å². The summed E-state index contributed by atoms with van der Waals surface area (Å²) in [5, 5.41) is 1.03. The van der Waals surface area contributed by atoms with E-state index in [4.69, 9.17) is 0 Å². The zero-order chi connectivity index (χ0) is 19.0. The molecule has 27 heavy (non-hydrogen) atoms. The number of pyridine rings is 1. The minimum absolute atomic E-state index is 0.0898. The number of piperazine rings is 1. The predicted octanol–water partition coefficient (Wildman–Crippen LogP) is 4.12. The van der Waals surface area contributed by atoms with Gasteiger partial charge in [-0.1, -0.05) is 29.3 Å². The van der Waals surface area contributed by atoms with Crippen LogP contribution >= 0.6 is 0 Å². The van der Waals surface area contributed by atoms with Crippen molar-refractivity contribution in [1.82, 2.24) is 9.88 Å². The van der Waals surface area contributed by atoms with E-state index in [2.05, 4.69) is 60.1 Å². The van der Waals surface area contributed by atoms with Gasteiger partial charge < -0.3 is 9.80 Å². The second-order valence-electron chi connectivity index (χ2n) is 7.43. The molecule has 2 aromatic carbocycles. The van der Waals surface area contributed by atoms with Gasteiger partial charge in [0.15, 0.2) is 0 Å². The van der Waals surface area contributed by atoms with Crippen LogP contribution in [0.25, 0.3) is 10.9 Å². The first-order valence-electron chi connectivity index (χ1n) is 9.50. The Morgan fingerprint density at radius 1 is 0.852 bits per heavy atom. The fourth-order valence-electron chi connectivity index (χ4n) is 3.70. The van der Waals surface area contributed by atoms with E-state index in [1.165, 1.54) is 16.8 Å². The van der Waals surface area contributed by atoms with Crippen molar-refractivity contribution in [1.29, 1.82) is 0 Å². The molecule has 3 aromatic rings. The second-order valence-corrected chi connectivity index (χ2v) is 7.43. The summed E-state index contributed by atoms with van der Waals surface area (Å²) in [6.07, 6.45) is 0. The summed E-state index contributed by atoms with van der Waals surface area (Å²) in [6, 6.07) is 16.8. The molecule has 1 aromatic heterocycles. The van der Waals surface area contributed by atoms with Crippen LogP contribution in [0, 0.1) is 20.8 Å². The summed E-state index contributed by atoms with van der Waals surface area (Å²) in [7, 11) is 0. The summed E-state index contributed by atoms with van der Waals surface area (Å²) in [4.78, 5) is 22.0. The lowest BCUT2D eigenvalue weighted by Crippen LogP contribution is -2.49. The molecule has 4 heteroatoms. The largest absolute Gasteiger partial charge is 0.368 e. The number of amides is 1. The molecule has 0 atom stereocenters. The third-order valence-corrected chi connectivity index (χ3v) is 5.36. The molecule has 0 saturated carbocycles. The molecule has 0 spiro atoms. The Labute approximate surface area is 160 Å². The van der Waals surface area contributed by atoms with Crippen molar-refractivity contribution in [3.05, 3.63) is 70.9 Å². The van der Waals surface area contributed by atoms with Crippen molar-refractivity contribution in [3.8, 4) is 0 Å². The van der Waals surface area contributed by atoms with Gasteiger partial charge in [0.05, 0.1) is 16.8 Å². The smallest absolute Gasteiger partial charge is 0.255 e. The number of benzene rings is 2. The first-order chi connectivity index (χ1) is 13.0. The quantitative estimate of drug-likeness (QED) is 0.690. The molecule has 1 amide bonds. The Morgan fingerprint density at radius 2 is 1.52 bits per heavy atom. The van der Waals surface area contributed by atoms with Crippen LogP contribution < -0.4 is 4.90 Å². The maximum absolute atomic E-state index is 13.1. The van der Waals surface area contributed by atoms with Gasteiger partial charge in [0.2, 0.25) is 0 Å². The number of anilines is 1. The van der Waals surface area contributed by atoms with Crippen LogP contribution in [0.2, 0.25) is 0 Å². The van der Waals surface area contributed by atoms with Crippen LogP contribution in [0.3, 0.4) is 0 Å². The Balaban J connectivity index is 1.51. The van der Waals surface area contributed by atoms with Gasteiger partial charge in [-0.25, -0.2) is 0 Å². The molecule has 0 N–H and O–H groups in total. The lowest BCUT2D eigenvalue weighted by atomic mass is 10.1. The van der Waals surface area contributed by atoms with E-state index in [-0.39, 0.29) is 5.91 Å². The number of carbonyl (C=O) groups is 1. The summed E-state index contributed by atoms with van der Waals surface area (Å²) < 4.78 is 0. The molecular weight excluding hydrogens is 334 g/mol. The van der Waals surface area contributed by atoms with Crippen molar-refractivity contribution in [2.45, 2.75) is 20.8 Å². The number of hydrogen-bond acceptors (Lipinski definition) is 3. The van der Waals surface area contributed by atoms with Crippen molar-refractivity contribution < 1.29 is 4.79 Å². The molecule has 1 aliphatic heterocycles. The Morgan fingerprint density at radius 3 is 2.22 bits per heavy atom. The Bertz CT molecular complexity index is 986. The third-order valence-electron chi connectivity index (χ3n) is 5.36. The van der Waals surface area contributed by atoms with Crippen molar-refractivity contribution >= 4 is 22.5 Å². The van der Waals surface area contributed by atoms with Gasteiger partial charge in [0.1, 0.15) is 0 Å². The van der Waals surface area contributed by atoms with Gasteiger partial charge in [0, 0.05) is 37.3 Å². The monoisotopic (exact) mass is 359 g/mol. The number of rotatable bonds is 2. The lowest BCUT2D eigenvalue weighted by molar-refractivity contribution is 0.0746. The van der Waals surface area contributed by atoms with E-state index in [9.17, 15) is 4.79 Å². The van der Waals surface area contributed by atoms with Gasteiger partial charge in [-0.05, 0) is 51.1 Å². The number of hydrogen-bond donors (Lipinski definition) is 0. The highest BCUT2D eigenvalue weighted by Crippen LogP contribution is 2.21. The molecule has 2 heterocycles. The molecule has 4 nitrogen and oxygen atoms in total. The van der Waals surface area contributed by atoms with Gasteiger partial charge in [-0.15, -0.1) is 0 Å². The van der Waals surface area contributed by atoms with Crippen molar-refractivity contribution in [3.63, 3.8) is 0 Å². The molecule has 0 bridgehead atoms. The first kappa shape index (κ1) is 17.5. The predicted molar refractivity (Wildman–Crippen MR) is 111 cm³/mol. The maximum Gasteiger partial charge on any atom is 0.255 e. The summed E-state index contributed by atoms with van der Waals surface area (Å²) >= 11 is 0. The van der Waals surface area contributed by atoms with Gasteiger partial charge in [-0.3, -0.25) is 9.78 Å². The molecule has 1 aliphatic rings. The van der Waals surface area contributed by atoms with Crippen LogP contribution in [0.4, 0.5) is 5.69 Å². The minimum atomic E-state index is 0.0898. The van der Waals surface area contributed by atoms with E-state index in [0.717, 1.165) is 48.3 Å². The van der Waals surface area contributed by atoms with E-state index >= 15 is 0 Å². The highest BCUT2D eigenvalue weighted by molar-refractivity contribution is 5.98. The van der Waals surface area contributed by atoms with E-state index in [0.29, 0.717) is 0 Å².